The van der Waals surface area contributed by atoms with Gasteiger partial charge in [-0.2, -0.15) is 0 Å². The van der Waals surface area contributed by atoms with Crippen LogP contribution in [0, 0.1) is 0 Å². The van der Waals surface area contributed by atoms with E-state index in [1.165, 1.54) is 0 Å². The number of amides is 1. The van der Waals surface area contributed by atoms with Gasteiger partial charge in [-0.05, 0) is 26.3 Å². The fourth-order valence-electron chi connectivity index (χ4n) is 0.790. The summed E-state index contributed by atoms with van der Waals surface area (Å²) >= 11 is 0. The first kappa shape index (κ1) is 11.1. The third-order valence-electron chi connectivity index (χ3n) is 1.45. The summed E-state index contributed by atoms with van der Waals surface area (Å²) in [5.41, 5.74) is 5.25. The molecule has 0 bridgehead atoms. The number of unbranched alkanes of at least 4 members (excludes halogenated alkanes) is 1. The molecule has 1 amide bonds. The topological polar surface area (TPSA) is 72.2 Å². The van der Waals surface area contributed by atoms with Crippen LogP contribution in [0.25, 0.3) is 0 Å². The molecule has 0 spiro atoms. The van der Waals surface area contributed by atoms with E-state index < -0.39 is 0 Å². The lowest BCUT2D eigenvalue weighted by atomic mass is 10.2. The van der Waals surface area contributed by atoms with E-state index in [1.54, 1.807) is 6.92 Å². The molecule has 0 rings (SSSR count). The van der Waals surface area contributed by atoms with Gasteiger partial charge in [-0.3, -0.25) is 4.79 Å². The molecule has 70 valence electrons. The van der Waals surface area contributed by atoms with Gasteiger partial charge in [-0.15, -0.1) is 0 Å². The second-order valence-corrected chi connectivity index (χ2v) is 2.74. The fourth-order valence-corrected chi connectivity index (χ4v) is 0.790. The van der Waals surface area contributed by atoms with Crippen molar-refractivity contribution in [3.63, 3.8) is 0 Å². The Balaban J connectivity index is 3.39. The first-order chi connectivity index (χ1) is 5.70. The maximum absolute atomic E-state index is 11.0. The van der Waals surface area contributed by atoms with Gasteiger partial charge in [-0.1, -0.05) is 0 Å². The largest absolute Gasteiger partial charge is 0.347 e. The Morgan fingerprint density at radius 3 is 2.75 bits per heavy atom. The summed E-state index contributed by atoms with van der Waals surface area (Å²) in [6.45, 7) is 2.25. The summed E-state index contributed by atoms with van der Waals surface area (Å²) in [6.07, 6.45) is 2.80. The van der Waals surface area contributed by atoms with Crippen molar-refractivity contribution in [3.8, 4) is 0 Å². The van der Waals surface area contributed by atoms with Crippen LogP contribution >= 0.6 is 0 Å². The molecule has 0 aliphatic carbocycles. The van der Waals surface area contributed by atoms with Crippen LogP contribution in [0.15, 0.2) is 0 Å². The maximum Gasteiger partial charge on any atom is 0.220 e. The average molecular weight is 172 g/mol. The maximum atomic E-state index is 11.0. The number of nitrogens with two attached hydrogens (primary N) is 1. The Morgan fingerprint density at radius 1 is 1.58 bits per heavy atom. The zero-order valence-corrected chi connectivity index (χ0v) is 7.38. The van der Waals surface area contributed by atoms with Gasteiger partial charge < -0.3 is 15.8 Å². The monoisotopic (exact) mass is 172 g/mol. The predicted molar refractivity (Wildman–Crippen MR) is 46.6 cm³/mol. The summed E-state index contributed by atoms with van der Waals surface area (Å²) in [4.78, 5) is 21.1. The molecular weight excluding hydrogens is 156 g/mol. The number of carbonyl (C=O) groups excluding carboxylic acids is 2. The fraction of sp³-hybridized carbons (Fsp3) is 0.750. The number of hydrogen-bond donors (Lipinski definition) is 2. The van der Waals surface area contributed by atoms with Crippen LogP contribution in [0.2, 0.25) is 0 Å². The third-order valence-corrected chi connectivity index (χ3v) is 1.45. The molecule has 0 radical (unpaired) electrons. The van der Waals surface area contributed by atoms with E-state index in [9.17, 15) is 9.59 Å². The molecule has 1 atom stereocenters. The number of aldehydes is 1. The van der Waals surface area contributed by atoms with Gasteiger partial charge in [0, 0.05) is 6.42 Å². The lowest BCUT2D eigenvalue weighted by Crippen LogP contribution is -2.33. The molecule has 0 aliphatic rings. The van der Waals surface area contributed by atoms with Crippen LogP contribution in [-0.2, 0) is 9.59 Å². The van der Waals surface area contributed by atoms with E-state index in [1.807, 2.05) is 0 Å². The first-order valence-electron chi connectivity index (χ1n) is 4.15. The molecule has 4 nitrogen and oxygen atoms in total. The highest BCUT2D eigenvalue weighted by Crippen LogP contribution is 1.93. The SMILES string of the molecule is CC(C=O)NC(=O)CCCCN. The van der Waals surface area contributed by atoms with E-state index in [4.69, 9.17) is 5.73 Å². The molecule has 0 saturated carbocycles. The lowest BCUT2D eigenvalue weighted by Gasteiger charge is -2.06. The van der Waals surface area contributed by atoms with Gasteiger partial charge >= 0.3 is 0 Å². The van der Waals surface area contributed by atoms with Gasteiger partial charge in [0.1, 0.15) is 6.29 Å². The van der Waals surface area contributed by atoms with Crippen molar-refractivity contribution in [3.05, 3.63) is 0 Å². The van der Waals surface area contributed by atoms with E-state index in [2.05, 4.69) is 5.32 Å². The summed E-state index contributed by atoms with van der Waals surface area (Å²) in [6, 6.07) is -0.379. The molecule has 0 aliphatic heterocycles. The first-order valence-corrected chi connectivity index (χ1v) is 4.15. The van der Waals surface area contributed by atoms with E-state index in [-0.39, 0.29) is 11.9 Å². The minimum atomic E-state index is -0.379. The highest BCUT2D eigenvalue weighted by Gasteiger charge is 2.04. The second-order valence-electron chi connectivity index (χ2n) is 2.74. The Kier molecular flexibility index (Phi) is 6.28. The molecule has 0 heterocycles. The molecule has 0 saturated heterocycles. The van der Waals surface area contributed by atoms with Crippen molar-refractivity contribution in [2.75, 3.05) is 6.54 Å². The number of carbonyl (C=O) groups is 2. The van der Waals surface area contributed by atoms with Crippen molar-refractivity contribution in [2.24, 2.45) is 5.73 Å². The molecule has 0 aromatic rings. The molecule has 0 fully saturated rings. The van der Waals surface area contributed by atoms with Crippen LogP contribution in [0.5, 0.6) is 0 Å². The van der Waals surface area contributed by atoms with Crippen molar-refractivity contribution in [2.45, 2.75) is 32.2 Å². The zero-order chi connectivity index (χ0) is 9.40. The summed E-state index contributed by atoms with van der Waals surface area (Å²) in [5.74, 6) is -0.0805. The molecule has 12 heavy (non-hydrogen) atoms. The van der Waals surface area contributed by atoms with Gasteiger partial charge in [0.15, 0.2) is 0 Å². The van der Waals surface area contributed by atoms with E-state index in [0.717, 1.165) is 12.8 Å². The van der Waals surface area contributed by atoms with Gasteiger partial charge in [0.05, 0.1) is 6.04 Å². The van der Waals surface area contributed by atoms with Gasteiger partial charge in [0.25, 0.3) is 0 Å². The smallest absolute Gasteiger partial charge is 0.220 e. The minimum Gasteiger partial charge on any atom is -0.347 e. The van der Waals surface area contributed by atoms with Crippen LogP contribution in [0.1, 0.15) is 26.2 Å². The quantitative estimate of drug-likeness (QED) is 0.431. The molecule has 3 N–H and O–H groups in total. The Morgan fingerprint density at radius 2 is 2.25 bits per heavy atom. The van der Waals surface area contributed by atoms with Gasteiger partial charge in [-0.25, -0.2) is 0 Å². The van der Waals surface area contributed by atoms with Crippen molar-refractivity contribution in [1.29, 1.82) is 0 Å². The number of rotatable bonds is 6. The molecular formula is C8H16N2O2. The van der Waals surface area contributed by atoms with Gasteiger partial charge in [0.2, 0.25) is 5.91 Å². The molecule has 4 heteroatoms. The summed E-state index contributed by atoms with van der Waals surface area (Å²) in [7, 11) is 0. The number of nitrogens with one attached hydrogen (secondary N) is 1. The number of hydrogen-bond acceptors (Lipinski definition) is 3. The van der Waals surface area contributed by atoms with Crippen molar-refractivity contribution < 1.29 is 9.59 Å². The normalized spacial score (nSPS) is 12.2. The van der Waals surface area contributed by atoms with Crippen LogP contribution in [0.4, 0.5) is 0 Å². The Bertz CT molecular complexity index is 148. The Labute approximate surface area is 72.5 Å². The third kappa shape index (κ3) is 5.85. The zero-order valence-electron chi connectivity index (χ0n) is 7.38. The van der Waals surface area contributed by atoms with Crippen LogP contribution < -0.4 is 11.1 Å². The van der Waals surface area contributed by atoms with Crippen LogP contribution in [0.3, 0.4) is 0 Å². The molecule has 0 aromatic heterocycles. The summed E-state index contributed by atoms with van der Waals surface area (Å²) in [5, 5.41) is 2.54. The van der Waals surface area contributed by atoms with E-state index >= 15 is 0 Å². The van der Waals surface area contributed by atoms with E-state index in [0.29, 0.717) is 19.3 Å². The molecule has 0 aromatic carbocycles. The minimum absolute atomic E-state index is 0.0805. The average Bonchev–Trinajstić information content (AvgIpc) is 2.05. The highest BCUT2D eigenvalue weighted by atomic mass is 16.2. The standard InChI is InChI=1S/C8H16N2O2/c1-7(6-11)10-8(12)4-2-3-5-9/h6-7H,2-5,9H2,1H3,(H,10,12). The summed E-state index contributed by atoms with van der Waals surface area (Å²) < 4.78 is 0. The van der Waals surface area contributed by atoms with Crippen LogP contribution in [-0.4, -0.2) is 24.8 Å². The highest BCUT2D eigenvalue weighted by molar-refractivity contribution is 5.79. The van der Waals surface area contributed by atoms with Crippen molar-refractivity contribution >= 4 is 12.2 Å². The van der Waals surface area contributed by atoms with Crippen molar-refractivity contribution in [1.82, 2.24) is 5.32 Å². The lowest BCUT2D eigenvalue weighted by molar-refractivity contribution is -0.123. The second kappa shape index (κ2) is 6.79. The predicted octanol–water partition coefficient (Wildman–Crippen LogP) is -0.181. The Hall–Kier alpha value is -0.900. The molecule has 1 unspecified atom stereocenters.